The number of nitrogens with one attached hydrogen (secondary N) is 1. The molecule has 1 atom stereocenters. The van der Waals surface area contributed by atoms with Crippen molar-refractivity contribution in [2.75, 3.05) is 29.9 Å². The van der Waals surface area contributed by atoms with Gasteiger partial charge in [-0.1, -0.05) is 11.6 Å². The Morgan fingerprint density at radius 3 is 2.06 bits per heavy atom. The van der Waals surface area contributed by atoms with Gasteiger partial charge in [0.25, 0.3) is 11.8 Å². The van der Waals surface area contributed by atoms with Crippen LogP contribution in [0.25, 0.3) is 0 Å². The third-order valence-corrected chi connectivity index (χ3v) is 9.23. The number of sulfone groups is 2. The Balaban J connectivity index is 1.78. The molecule has 0 saturated carbocycles. The van der Waals surface area contributed by atoms with E-state index in [4.69, 9.17) is 11.6 Å². The van der Waals surface area contributed by atoms with E-state index in [1.165, 1.54) is 29.2 Å². The summed E-state index contributed by atoms with van der Waals surface area (Å²) in [4.78, 5) is 25.2. The van der Waals surface area contributed by atoms with Gasteiger partial charge in [-0.15, -0.1) is 0 Å². The second-order valence-electron chi connectivity index (χ2n) is 8.14. The number of alkyl halides is 3. The number of rotatable bonds is 5. The Morgan fingerprint density at radius 2 is 1.56 bits per heavy atom. The van der Waals surface area contributed by atoms with Crippen LogP contribution in [0.4, 0.5) is 18.9 Å². The normalized spacial score (nSPS) is 17.8. The Bertz CT molecular complexity index is 1390. The van der Waals surface area contributed by atoms with Crippen molar-refractivity contribution in [3.8, 4) is 0 Å². The molecule has 0 spiro atoms. The second kappa shape index (κ2) is 9.65. The predicted molar refractivity (Wildman–Crippen MR) is 123 cm³/mol. The van der Waals surface area contributed by atoms with Gasteiger partial charge in [-0.2, -0.15) is 13.2 Å². The van der Waals surface area contributed by atoms with Crippen molar-refractivity contribution in [1.29, 1.82) is 0 Å². The van der Waals surface area contributed by atoms with Crippen molar-refractivity contribution in [2.24, 2.45) is 0 Å². The average Bonchev–Trinajstić information content (AvgIpc) is 2.79. The van der Waals surface area contributed by atoms with Crippen molar-refractivity contribution >= 4 is 48.8 Å². The Morgan fingerprint density at radius 1 is 1.03 bits per heavy atom. The largest absolute Gasteiger partial charge is 0.426 e. The number of hydrogen-bond donors (Lipinski definition) is 2. The molecule has 1 saturated heterocycles. The molecule has 2 aromatic rings. The zero-order chi connectivity index (χ0) is 27.1. The van der Waals surface area contributed by atoms with Crippen LogP contribution in [0.2, 0.25) is 5.02 Å². The fourth-order valence-electron chi connectivity index (χ4n) is 3.15. The maximum absolute atomic E-state index is 13.0. The minimum Gasteiger partial charge on any atom is -0.373 e. The third kappa shape index (κ3) is 5.66. The van der Waals surface area contributed by atoms with Crippen LogP contribution in [0.3, 0.4) is 0 Å². The van der Waals surface area contributed by atoms with Crippen LogP contribution >= 0.6 is 11.6 Å². The van der Waals surface area contributed by atoms with Gasteiger partial charge in [0.05, 0.1) is 32.0 Å². The van der Waals surface area contributed by atoms with Crippen molar-refractivity contribution in [2.45, 2.75) is 28.5 Å². The first kappa shape index (κ1) is 27.9. The monoisotopic (exact) mass is 568 g/mol. The summed E-state index contributed by atoms with van der Waals surface area (Å²) in [5, 5.41) is 10.9. The van der Waals surface area contributed by atoms with Crippen LogP contribution in [-0.4, -0.2) is 75.0 Å². The number of halogens is 4. The summed E-state index contributed by atoms with van der Waals surface area (Å²) in [6.07, 6.45) is -5.26. The lowest BCUT2D eigenvalue weighted by atomic mass is 10.1. The van der Waals surface area contributed by atoms with Gasteiger partial charge in [0.2, 0.25) is 15.4 Å². The van der Waals surface area contributed by atoms with E-state index in [1.807, 2.05) is 5.32 Å². The molecular formula is C21H20ClF3N2O7S2. The molecule has 1 heterocycles. The molecule has 1 aliphatic rings. The number of aliphatic hydroxyl groups is 1. The Kier molecular flexibility index (Phi) is 7.48. The summed E-state index contributed by atoms with van der Waals surface area (Å²) in [5.74, 6) is -2.57. The highest BCUT2D eigenvalue weighted by Crippen LogP contribution is 2.33. The SMILES string of the molecule is CC(O)(C(=O)Nc1ccc(S(=O)(=O)c2ccc(C(=O)N3CCS(=O)(=O)CC3)cc2)cc1Cl)C(F)(F)F. The second-order valence-corrected chi connectivity index (χ2v) is 12.8. The van der Waals surface area contributed by atoms with E-state index in [0.717, 1.165) is 18.2 Å². The van der Waals surface area contributed by atoms with E-state index < -0.39 is 48.3 Å². The fourth-order valence-corrected chi connectivity index (χ4v) is 5.93. The standard InChI is InChI=1S/C21H20ClF3N2O7S2/c1-20(30,21(23,24)25)19(29)26-17-7-6-15(12-16(17)22)36(33,34)14-4-2-13(3-5-14)18(28)27-8-10-35(31,32)11-9-27/h2-7,12,30H,8-11H2,1H3,(H,26,29). The van der Waals surface area contributed by atoms with Crippen LogP contribution in [0.1, 0.15) is 17.3 Å². The van der Waals surface area contributed by atoms with E-state index >= 15 is 0 Å². The van der Waals surface area contributed by atoms with E-state index in [0.29, 0.717) is 0 Å². The molecule has 1 unspecified atom stereocenters. The van der Waals surface area contributed by atoms with E-state index in [9.17, 15) is 44.7 Å². The van der Waals surface area contributed by atoms with Gasteiger partial charge in [-0.3, -0.25) is 9.59 Å². The summed E-state index contributed by atoms with van der Waals surface area (Å²) in [7, 11) is -7.36. The molecule has 9 nitrogen and oxygen atoms in total. The molecule has 2 amide bonds. The molecule has 2 N–H and O–H groups in total. The quantitative estimate of drug-likeness (QED) is 0.564. The summed E-state index contributed by atoms with van der Waals surface area (Å²) in [6.45, 7) is 0.318. The van der Waals surface area contributed by atoms with Crippen molar-refractivity contribution < 1.29 is 44.7 Å². The molecule has 0 bridgehead atoms. The average molecular weight is 569 g/mol. The summed E-state index contributed by atoms with van der Waals surface area (Å²) >= 11 is 5.97. The van der Waals surface area contributed by atoms with Crippen LogP contribution in [0, 0.1) is 0 Å². The highest BCUT2D eigenvalue weighted by Gasteiger charge is 2.55. The molecule has 0 radical (unpaired) electrons. The van der Waals surface area contributed by atoms with Gasteiger partial charge in [0.1, 0.15) is 0 Å². The van der Waals surface area contributed by atoms with E-state index in [1.54, 1.807) is 0 Å². The molecule has 36 heavy (non-hydrogen) atoms. The van der Waals surface area contributed by atoms with Gasteiger partial charge in [0, 0.05) is 18.7 Å². The summed E-state index contributed by atoms with van der Waals surface area (Å²) < 4.78 is 87.5. The van der Waals surface area contributed by atoms with Crippen molar-refractivity contribution in [1.82, 2.24) is 4.90 Å². The maximum atomic E-state index is 13.0. The number of carbonyl (C=O) groups excluding carboxylic acids is 2. The first-order chi connectivity index (χ1) is 16.5. The maximum Gasteiger partial charge on any atom is 0.426 e. The molecular weight excluding hydrogens is 549 g/mol. The highest BCUT2D eigenvalue weighted by atomic mass is 35.5. The van der Waals surface area contributed by atoms with Gasteiger partial charge in [-0.25, -0.2) is 16.8 Å². The topological polar surface area (TPSA) is 138 Å². The molecule has 196 valence electrons. The smallest absolute Gasteiger partial charge is 0.373 e. The number of nitrogens with zero attached hydrogens (tertiary/aromatic N) is 1. The van der Waals surface area contributed by atoms with E-state index in [2.05, 4.69) is 0 Å². The van der Waals surface area contributed by atoms with Gasteiger partial charge < -0.3 is 15.3 Å². The number of amides is 2. The van der Waals surface area contributed by atoms with Crippen LogP contribution < -0.4 is 5.32 Å². The lowest BCUT2D eigenvalue weighted by Gasteiger charge is -2.26. The minimum atomic E-state index is -5.26. The zero-order valence-corrected chi connectivity index (χ0v) is 20.9. The molecule has 2 aromatic carbocycles. The van der Waals surface area contributed by atoms with Gasteiger partial charge in [-0.05, 0) is 49.4 Å². The first-order valence-electron chi connectivity index (χ1n) is 10.2. The van der Waals surface area contributed by atoms with Gasteiger partial charge >= 0.3 is 6.18 Å². The number of carbonyl (C=O) groups is 2. The molecule has 1 aliphatic heterocycles. The predicted octanol–water partition coefficient (Wildman–Crippen LogP) is 2.30. The van der Waals surface area contributed by atoms with Crippen molar-refractivity contribution in [3.63, 3.8) is 0 Å². The number of anilines is 1. The third-order valence-electron chi connectivity index (χ3n) is 5.54. The lowest BCUT2D eigenvalue weighted by molar-refractivity contribution is -0.242. The molecule has 1 fully saturated rings. The minimum absolute atomic E-state index is 0.0288. The number of benzene rings is 2. The van der Waals surface area contributed by atoms with Crippen LogP contribution in [-0.2, 0) is 24.5 Å². The van der Waals surface area contributed by atoms with Crippen LogP contribution in [0.15, 0.2) is 52.3 Å². The Hall–Kier alpha value is -2.68. The van der Waals surface area contributed by atoms with Crippen molar-refractivity contribution in [3.05, 3.63) is 53.1 Å². The molecule has 3 rings (SSSR count). The molecule has 0 aromatic heterocycles. The number of hydrogen-bond acceptors (Lipinski definition) is 7. The summed E-state index contributed by atoms with van der Waals surface area (Å²) in [5.41, 5.74) is -3.90. The zero-order valence-electron chi connectivity index (χ0n) is 18.5. The molecule has 0 aliphatic carbocycles. The fraction of sp³-hybridized carbons (Fsp3) is 0.333. The van der Waals surface area contributed by atoms with Crippen LogP contribution in [0.5, 0.6) is 0 Å². The lowest BCUT2D eigenvalue weighted by Crippen LogP contribution is -2.52. The molecule has 15 heteroatoms. The van der Waals surface area contributed by atoms with E-state index in [-0.39, 0.29) is 52.6 Å². The van der Waals surface area contributed by atoms with Gasteiger partial charge in [0.15, 0.2) is 9.84 Å². The first-order valence-corrected chi connectivity index (χ1v) is 13.9. The highest BCUT2D eigenvalue weighted by molar-refractivity contribution is 7.91. The summed E-state index contributed by atoms with van der Waals surface area (Å²) in [6, 6.07) is 7.79. The Labute approximate surface area is 209 Å².